The van der Waals surface area contributed by atoms with Gasteiger partial charge in [0.15, 0.2) is 0 Å². The number of benzene rings is 1. The van der Waals surface area contributed by atoms with E-state index in [0.717, 1.165) is 5.56 Å². The molecule has 2 fully saturated rings. The summed E-state index contributed by atoms with van der Waals surface area (Å²) >= 11 is 0. The maximum Gasteiger partial charge on any atom is 0.240 e. The van der Waals surface area contributed by atoms with Crippen molar-refractivity contribution in [3.63, 3.8) is 0 Å². The number of aliphatic hydroxyl groups excluding tert-OH is 1. The van der Waals surface area contributed by atoms with E-state index in [1.54, 1.807) is 4.90 Å². The van der Waals surface area contributed by atoms with Crippen molar-refractivity contribution in [2.75, 3.05) is 25.4 Å². The lowest BCUT2D eigenvalue weighted by Gasteiger charge is -2.50. The van der Waals surface area contributed by atoms with E-state index in [4.69, 9.17) is 0 Å². The summed E-state index contributed by atoms with van der Waals surface area (Å²) in [5.74, 6) is -0.197. The SMILES string of the molecule is O=C(C1CCS(=O)(=O)N1)N1CC(CO)(c2ccccc2)C1. The Morgan fingerprint density at radius 3 is 2.52 bits per heavy atom. The summed E-state index contributed by atoms with van der Waals surface area (Å²) in [6, 6.07) is 8.95. The summed E-state index contributed by atoms with van der Waals surface area (Å²) in [6.07, 6.45) is 0.315. The van der Waals surface area contributed by atoms with Crippen molar-refractivity contribution < 1.29 is 18.3 Å². The second-order valence-electron chi connectivity index (χ2n) is 5.78. The monoisotopic (exact) mass is 310 g/mol. The highest BCUT2D eigenvalue weighted by atomic mass is 32.2. The van der Waals surface area contributed by atoms with Crippen LogP contribution in [0.4, 0.5) is 0 Å². The Hall–Kier alpha value is -1.44. The molecule has 2 saturated heterocycles. The summed E-state index contributed by atoms with van der Waals surface area (Å²) in [5.41, 5.74) is 0.581. The molecule has 0 aliphatic carbocycles. The Bertz CT molecular complexity index is 638. The Morgan fingerprint density at radius 1 is 1.33 bits per heavy atom. The molecule has 1 unspecified atom stereocenters. The summed E-state index contributed by atoms with van der Waals surface area (Å²) in [5, 5.41) is 9.69. The van der Waals surface area contributed by atoms with E-state index >= 15 is 0 Å². The average molecular weight is 310 g/mol. The third-order valence-corrected chi connectivity index (χ3v) is 5.70. The zero-order chi connectivity index (χ0) is 15.1. The number of aliphatic hydroxyl groups is 1. The van der Waals surface area contributed by atoms with Gasteiger partial charge in [0.05, 0.1) is 17.8 Å². The number of amides is 1. The van der Waals surface area contributed by atoms with Crippen molar-refractivity contribution in [3.05, 3.63) is 35.9 Å². The Kier molecular flexibility index (Phi) is 3.51. The van der Waals surface area contributed by atoms with E-state index < -0.39 is 21.5 Å². The molecule has 0 saturated carbocycles. The van der Waals surface area contributed by atoms with Crippen LogP contribution in [0.5, 0.6) is 0 Å². The number of hydrogen-bond donors (Lipinski definition) is 2. The van der Waals surface area contributed by atoms with Crippen LogP contribution in [-0.4, -0.2) is 55.8 Å². The van der Waals surface area contributed by atoms with E-state index in [1.165, 1.54) is 0 Å². The average Bonchev–Trinajstić information content (AvgIpc) is 2.79. The summed E-state index contributed by atoms with van der Waals surface area (Å²) in [6.45, 7) is 0.812. The molecule has 21 heavy (non-hydrogen) atoms. The molecule has 114 valence electrons. The number of likely N-dealkylation sites (tertiary alicyclic amines) is 1. The maximum atomic E-state index is 12.3. The summed E-state index contributed by atoms with van der Waals surface area (Å²) in [7, 11) is -3.29. The van der Waals surface area contributed by atoms with Gasteiger partial charge in [-0.15, -0.1) is 0 Å². The van der Waals surface area contributed by atoms with Gasteiger partial charge in [-0.25, -0.2) is 13.1 Å². The number of nitrogens with zero attached hydrogens (tertiary/aromatic N) is 1. The molecule has 2 aliphatic rings. The molecule has 2 heterocycles. The largest absolute Gasteiger partial charge is 0.395 e. The first-order valence-electron chi connectivity index (χ1n) is 6.91. The maximum absolute atomic E-state index is 12.3. The minimum atomic E-state index is -3.29. The smallest absolute Gasteiger partial charge is 0.240 e. The number of rotatable bonds is 3. The molecule has 2 N–H and O–H groups in total. The minimum absolute atomic E-state index is 0.00107. The van der Waals surface area contributed by atoms with E-state index in [2.05, 4.69) is 4.72 Å². The van der Waals surface area contributed by atoms with Gasteiger partial charge in [-0.1, -0.05) is 30.3 Å². The van der Waals surface area contributed by atoms with Crippen molar-refractivity contribution >= 4 is 15.9 Å². The van der Waals surface area contributed by atoms with E-state index in [-0.39, 0.29) is 18.3 Å². The first kappa shape index (κ1) is 14.5. The number of hydrogen-bond acceptors (Lipinski definition) is 4. The molecular formula is C14H18N2O4S. The van der Waals surface area contributed by atoms with Crippen LogP contribution in [-0.2, 0) is 20.2 Å². The van der Waals surface area contributed by atoms with Gasteiger partial charge >= 0.3 is 0 Å². The third kappa shape index (κ3) is 2.56. The van der Waals surface area contributed by atoms with Gasteiger partial charge in [0, 0.05) is 13.1 Å². The fraction of sp³-hybridized carbons (Fsp3) is 0.500. The molecule has 1 aromatic carbocycles. The van der Waals surface area contributed by atoms with Crippen LogP contribution in [0.15, 0.2) is 30.3 Å². The molecular weight excluding hydrogens is 292 g/mol. The highest BCUT2D eigenvalue weighted by Crippen LogP contribution is 2.34. The highest BCUT2D eigenvalue weighted by Gasteiger charge is 2.48. The molecule has 6 nitrogen and oxygen atoms in total. The zero-order valence-electron chi connectivity index (χ0n) is 11.5. The van der Waals surface area contributed by atoms with Crippen molar-refractivity contribution in [2.45, 2.75) is 17.9 Å². The first-order valence-corrected chi connectivity index (χ1v) is 8.56. The van der Waals surface area contributed by atoms with Crippen molar-refractivity contribution in [3.8, 4) is 0 Å². The van der Waals surface area contributed by atoms with Gasteiger partial charge in [0.25, 0.3) is 0 Å². The number of carbonyl (C=O) groups is 1. The molecule has 0 radical (unpaired) electrons. The molecule has 0 aromatic heterocycles. The lowest BCUT2D eigenvalue weighted by atomic mass is 9.74. The second-order valence-corrected chi connectivity index (χ2v) is 7.65. The van der Waals surface area contributed by atoms with Crippen LogP contribution < -0.4 is 4.72 Å². The molecule has 0 spiro atoms. The van der Waals surface area contributed by atoms with Crippen LogP contribution in [0, 0.1) is 0 Å². The fourth-order valence-corrected chi connectivity index (χ4v) is 4.32. The quantitative estimate of drug-likeness (QED) is 0.784. The van der Waals surface area contributed by atoms with E-state index in [9.17, 15) is 18.3 Å². The van der Waals surface area contributed by atoms with E-state index in [0.29, 0.717) is 19.5 Å². The lowest BCUT2D eigenvalue weighted by Crippen LogP contribution is -2.65. The summed E-state index contributed by atoms with van der Waals surface area (Å²) in [4.78, 5) is 13.9. The minimum Gasteiger partial charge on any atom is -0.395 e. The Labute approximate surface area is 123 Å². The standard InChI is InChI=1S/C14H18N2O4S/c17-10-14(11-4-2-1-3-5-11)8-16(9-14)13(18)12-6-7-21(19,20)15-12/h1-5,12,15,17H,6-10H2. The molecule has 7 heteroatoms. The van der Waals surface area contributed by atoms with Crippen molar-refractivity contribution in [2.24, 2.45) is 0 Å². The van der Waals surface area contributed by atoms with Gasteiger partial charge in [0.2, 0.25) is 15.9 Å². The number of sulfonamides is 1. The molecule has 2 aliphatic heterocycles. The van der Waals surface area contributed by atoms with Crippen LogP contribution in [0.1, 0.15) is 12.0 Å². The predicted molar refractivity (Wildman–Crippen MR) is 77.1 cm³/mol. The molecule has 3 rings (SSSR count). The fourth-order valence-electron chi connectivity index (χ4n) is 3.01. The van der Waals surface area contributed by atoms with Crippen LogP contribution in [0.25, 0.3) is 0 Å². The van der Waals surface area contributed by atoms with Crippen LogP contribution in [0.3, 0.4) is 0 Å². The Morgan fingerprint density at radius 2 is 2.00 bits per heavy atom. The number of nitrogens with one attached hydrogen (secondary N) is 1. The molecule has 0 bridgehead atoms. The Balaban J connectivity index is 1.68. The van der Waals surface area contributed by atoms with Crippen molar-refractivity contribution in [1.82, 2.24) is 9.62 Å². The van der Waals surface area contributed by atoms with Crippen LogP contribution in [0.2, 0.25) is 0 Å². The molecule has 1 aromatic rings. The number of carbonyl (C=O) groups excluding carboxylic acids is 1. The molecule has 1 amide bonds. The zero-order valence-corrected chi connectivity index (χ0v) is 12.3. The van der Waals surface area contributed by atoms with Gasteiger partial charge in [0.1, 0.15) is 6.04 Å². The normalized spacial score (nSPS) is 26.3. The first-order chi connectivity index (χ1) is 9.96. The topological polar surface area (TPSA) is 86.7 Å². The highest BCUT2D eigenvalue weighted by molar-refractivity contribution is 7.89. The summed E-state index contributed by atoms with van der Waals surface area (Å²) < 4.78 is 25.1. The van der Waals surface area contributed by atoms with Gasteiger partial charge < -0.3 is 10.0 Å². The second kappa shape index (κ2) is 5.08. The lowest BCUT2D eigenvalue weighted by molar-refractivity contribution is -0.142. The predicted octanol–water partition coefficient (Wildman–Crippen LogP) is -0.549. The van der Waals surface area contributed by atoms with Crippen molar-refractivity contribution in [1.29, 1.82) is 0 Å². The molecule has 1 atom stereocenters. The van der Waals surface area contributed by atoms with Gasteiger partial charge in [-0.2, -0.15) is 0 Å². The van der Waals surface area contributed by atoms with Gasteiger partial charge in [-0.05, 0) is 12.0 Å². The third-order valence-electron chi connectivity index (χ3n) is 4.28. The van der Waals surface area contributed by atoms with Gasteiger partial charge in [-0.3, -0.25) is 4.79 Å². The van der Waals surface area contributed by atoms with E-state index in [1.807, 2.05) is 30.3 Å². The van der Waals surface area contributed by atoms with Crippen LogP contribution >= 0.6 is 0 Å².